The molecule has 5 rings (SSSR count). The van der Waals surface area contributed by atoms with Crippen molar-refractivity contribution >= 4 is 34.5 Å². The molecule has 0 aromatic carbocycles. The summed E-state index contributed by atoms with van der Waals surface area (Å²) < 4.78 is 3.59. The average Bonchev–Trinajstić information content (AvgIpc) is 3.42. The maximum absolute atomic E-state index is 12.6. The van der Waals surface area contributed by atoms with E-state index in [1.807, 2.05) is 58.6 Å². The summed E-state index contributed by atoms with van der Waals surface area (Å²) in [6, 6.07) is 11.5. The molecule has 3 N–H and O–H groups in total. The fraction of sp³-hybridized carbons (Fsp3) is 0.0526. The molecule has 0 aliphatic carbocycles. The van der Waals surface area contributed by atoms with E-state index in [2.05, 4.69) is 20.4 Å². The second kappa shape index (κ2) is 6.46. The standard InChI is InChI=1S/C19H15N7OS/c20-19-23-17-5-4-12(10-26(17)24-19)13-7-15(28-11-13)18(27)22-9-14-8-21-16-3-1-2-6-25(14)16/h1-8,10-11H,9H2,(H2,20,24)(H,22,27). The third-order valence-electron chi connectivity index (χ3n) is 4.43. The lowest BCUT2D eigenvalue weighted by Gasteiger charge is -2.03. The molecule has 0 unspecified atom stereocenters. The van der Waals surface area contributed by atoms with Crippen LogP contribution in [-0.4, -0.2) is 29.9 Å². The van der Waals surface area contributed by atoms with E-state index in [-0.39, 0.29) is 11.9 Å². The summed E-state index contributed by atoms with van der Waals surface area (Å²) in [6.07, 6.45) is 5.55. The number of hydrogen-bond donors (Lipinski definition) is 2. The molecule has 0 radical (unpaired) electrons. The second-order valence-corrected chi connectivity index (χ2v) is 7.16. The Labute approximate surface area is 163 Å². The molecule has 9 heteroatoms. The van der Waals surface area contributed by atoms with Crippen LogP contribution in [-0.2, 0) is 6.54 Å². The van der Waals surface area contributed by atoms with Gasteiger partial charge < -0.3 is 15.5 Å². The van der Waals surface area contributed by atoms with Crippen molar-refractivity contribution in [3.8, 4) is 11.1 Å². The monoisotopic (exact) mass is 389 g/mol. The zero-order valence-electron chi connectivity index (χ0n) is 14.6. The zero-order valence-corrected chi connectivity index (χ0v) is 15.4. The van der Waals surface area contributed by atoms with E-state index in [1.54, 1.807) is 10.7 Å². The Bertz CT molecular complexity index is 1320. The van der Waals surface area contributed by atoms with Gasteiger partial charge in [-0.1, -0.05) is 6.07 Å². The van der Waals surface area contributed by atoms with E-state index in [0.717, 1.165) is 22.5 Å². The molecule has 0 bridgehead atoms. The van der Waals surface area contributed by atoms with Crippen LogP contribution >= 0.6 is 11.3 Å². The number of carbonyl (C=O) groups excluding carboxylic acids is 1. The van der Waals surface area contributed by atoms with Gasteiger partial charge in [-0.15, -0.1) is 16.4 Å². The molecule has 0 spiro atoms. The number of imidazole rings is 1. The lowest BCUT2D eigenvalue weighted by molar-refractivity contribution is 0.0954. The lowest BCUT2D eigenvalue weighted by atomic mass is 10.1. The molecule has 1 amide bonds. The quantitative estimate of drug-likeness (QED) is 0.492. The summed E-state index contributed by atoms with van der Waals surface area (Å²) in [5.74, 6) is 0.114. The third kappa shape index (κ3) is 2.87. The Hall–Kier alpha value is -3.72. The van der Waals surface area contributed by atoms with Gasteiger partial charge in [-0.3, -0.25) is 4.79 Å². The minimum atomic E-state index is -0.117. The fourth-order valence-electron chi connectivity index (χ4n) is 3.05. The van der Waals surface area contributed by atoms with Crippen molar-refractivity contribution in [1.82, 2.24) is 29.3 Å². The number of nitrogens with one attached hydrogen (secondary N) is 1. The van der Waals surface area contributed by atoms with Gasteiger partial charge in [0.1, 0.15) is 5.65 Å². The van der Waals surface area contributed by atoms with Crippen molar-refractivity contribution in [2.45, 2.75) is 6.54 Å². The number of nitrogens with two attached hydrogens (primary N) is 1. The number of fused-ring (bicyclic) bond motifs is 2. The number of rotatable bonds is 4. The topological polar surface area (TPSA) is 103 Å². The van der Waals surface area contributed by atoms with Crippen LogP contribution in [0, 0.1) is 0 Å². The Morgan fingerprint density at radius 1 is 1.18 bits per heavy atom. The molecule has 0 fully saturated rings. The summed E-state index contributed by atoms with van der Waals surface area (Å²) in [5, 5.41) is 9.03. The molecule has 0 saturated heterocycles. The normalized spacial score (nSPS) is 11.3. The van der Waals surface area contributed by atoms with Crippen LogP contribution in [0.15, 0.2) is 60.4 Å². The number of hydrogen-bond acceptors (Lipinski definition) is 6. The van der Waals surface area contributed by atoms with Crippen LogP contribution in [0.1, 0.15) is 15.4 Å². The number of nitrogen functional groups attached to an aromatic ring is 1. The van der Waals surface area contributed by atoms with Crippen molar-refractivity contribution < 1.29 is 4.79 Å². The van der Waals surface area contributed by atoms with Gasteiger partial charge in [0.25, 0.3) is 5.91 Å². The van der Waals surface area contributed by atoms with Crippen molar-refractivity contribution in [2.24, 2.45) is 0 Å². The smallest absolute Gasteiger partial charge is 0.261 e. The minimum Gasteiger partial charge on any atom is -0.366 e. The van der Waals surface area contributed by atoms with Gasteiger partial charge in [-0.25, -0.2) is 9.50 Å². The highest BCUT2D eigenvalue weighted by Crippen LogP contribution is 2.26. The van der Waals surface area contributed by atoms with E-state index in [0.29, 0.717) is 17.1 Å². The molecule has 28 heavy (non-hydrogen) atoms. The first-order valence-electron chi connectivity index (χ1n) is 8.57. The molecule has 0 aliphatic heterocycles. The second-order valence-electron chi connectivity index (χ2n) is 6.25. The molecule has 5 aromatic heterocycles. The largest absolute Gasteiger partial charge is 0.366 e. The SMILES string of the molecule is Nc1nc2ccc(-c3csc(C(=O)NCc4cnc5ccccn45)c3)cn2n1. The van der Waals surface area contributed by atoms with Crippen molar-refractivity contribution in [1.29, 1.82) is 0 Å². The molecule has 0 aliphatic rings. The predicted octanol–water partition coefficient (Wildman–Crippen LogP) is 2.62. The number of carbonyl (C=O) groups is 1. The summed E-state index contributed by atoms with van der Waals surface area (Å²) in [7, 11) is 0. The Balaban J connectivity index is 1.34. The Morgan fingerprint density at radius 2 is 2.11 bits per heavy atom. The van der Waals surface area contributed by atoms with Crippen molar-refractivity contribution in [3.63, 3.8) is 0 Å². The lowest BCUT2D eigenvalue weighted by Crippen LogP contribution is -2.22. The van der Waals surface area contributed by atoms with Crippen LogP contribution < -0.4 is 11.1 Å². The van der Waals surface area contributed by atoms with E-state index < -0.39 is 0 Å². The summed E-state index contributed by atoms with van der Waals surface area (Å²) in [4.78, 5) is 21.6. The van der Waals surface area contributed by atoms with Gasteiger partial charge in [0.2, 0.25) is 5.95 Å². The van der Waals surface area contributed by atoms with Gasteiger partial charge in [0, 0.05) is 18.0 Å². The molecular formula is C19H15N7OS. The van der Waals surface area contributed by atoms with Crippen LogP contribution in [0.2, 0.25) is 0 Å². The number of anilines is 1. The average molecular weight is 389 g/mol. The maximum atomic E-state index is 12.6. The molecule has 8 nitrogen and oxygen atoms in total. The van der Waals surface area contributed by atoms with Gasteiger partial charge in [-0.2, -0.15) is 4.98 Å². The highest BCUT2D eigenvalue weighted by molar-refractivity contribution is 7.12. The first-order chi connectivity index (χ1) is 13.7. The highest BCUT2D eigenvalue weighted by atomic mass is 32.1. The summed E-state index contributed by atoms with van der Waals surface area (Å²) >= 11 is 1.40. The minimum absolute atomic E-state index is 0.117. The summed E-state index contributed by atoms with van der Waals surface area (Å²) in [5.41, 5.74) is 9.98. The Morgan fingerprint density at radius 3 is 3.04 bits per heavy atom. The highest BCUT2D eigenvalue weighted by Gasteiger charge is 2.12. The first kappa shape index (κ1) is 16.5. The van der Waals surface area contributed by atoms with Crippen LogP contribution in [0.5, 0.6) is 0 Å². The van der Waals surface area contributed by atoms with Crippen molar-refractivity contribution in [3.05, 3.63) is 70.9 Å². The molecule has 138 valence electrons. The van der Waals surface area contributed by atoms with Crippen molar-refractivity contribution in [2.75, 3.05) is 5.73 Å². The zero-order chi connectivity index (χ0) is 19.1. The number of amides is 1. The van der Waals surface area contributed by atoms with Gasteiger partial charge >= 0.3 is 0 Å². The van der Waals surface area contributed by atoms with E-state index in [9.17, 15) is 4.79 Å². The molecule has 5 aromatic rings. The van der Waals surface area contributed by atoms with Gasteiger partial charge in [-0.05, 0) is 41.3 Å². The van der Waals surface area contributed by atoms with E-state index in [1.165, 1.54) is 11.3 Å². The van der Waals surface area contributed by atoms with Crippen LogP contribution in [0.3, 0.4) is 0 Å². The molecule has 0 atom stereocenters. The molecule has 0 saturated carbocycles. The van der Waals surface area contributed by atoms with E-state index in [4.69, 9.17) is 5.73 Å². The number of pyridine rings is 2. The number of aromatic nitrogens is 5. The van der Waals surface area contributed by atoms with E-state index >= 15 is 0 Å². The maximum Gasteiger partial charge on any atom is 0.261 e. The number of nitrogens with zero attached hydrogens (tertiary/aromatic N) is 5. The first-order valence-corrected chi connectivity index (χ1v) is 9.45. The van der Waals surface area contributed by atoms with Gasteiger partial charge in [0.05, 0.1) is 23.3 Å². The Kier molecular flexibility index (Phi) is 3.80. The van der Waals surface area contributed by atoms with Crippen LogP contribution in [0.4, 0.5) is 5.95 Å². The summed E-state index contributed by atoms with van der Waals surface area (Å²) in [6.45, 7) is 0.404. The molecular weight excluding hydrogens is 374 g/mol. The fourth-order valence-corrected chi connectivity index (χ4v) is 3.88. The van der Waals surface area contributed by atoms with Crippen LogP contribution in [0.25, 0.3) is 22.4 Å². The third-order valence-corrected chi connectivity index (χ3v) is 5.36. The predicted molar refractivity (Wildman–Crippen MR) is 107 cm³/mol. The molecule has 5 heterocycles. The van der Waals surface area contributed by atoms with Gasteiger partial charge in [0.15, 0.2) is 5.65 Å². The number of thiophene rings is 1.